The molecule has 18 heavy (non-hydrogen) atoms. The van der Waals surface area contributed by atoms with Crippen LogP contribution in [0, 0.1) is 22.7 Å². The molecule has 2 aromatic rings. The van der Waals surface area contributed by atoms with Gasteiger partial charge in [-0.2, -0.15) is 10.5 Å². The molecule has 2 aromatic carbocycles. The van der Waals surface area contributed by atoms with Gasteiger partial charge in [-0.25, -0.2) is 0 Å². The van der Waals surface area contributed by atoms with Crippen molar-refractivity contribution in [3.63, 3.8) is 0 Å². The lowest BCUT2D eigenvalue weighted by Gasteiger charge is -2.09. The number of nitriles is 2. The Bertz CT molecular complexity index is 648. The lowest BCUT2D eigenvalue weighted by molar-refractivity contribution is 0.485. The molecule has 0 aliphatic rings. The van der Waals surface area contributed by atoms with E-state index in [1.165, 1.54) is 0 Å². The molecular formula is C14H9N3O. The molecule has 0 saturated carbocycles. The molecule has 0 bridgehead atoms. The molecule has 0 saturated heterocycles. The van der Waals surface area contributed by atoms with Crippen LogP contribution in [0.1, 0.15) is 11.1 Å². The van der Waals surface area contributed by atoms with Gasteiger partial charge in [-0.1, -0.05) is 6.07 Å². The molecule has 0 aliphatic carbocycles. The molecule has 0 radical (unpaired) electrons. The van der Waals surface area contributed by atoms with Crippen molar-refractivity contribution in [1.82, 2.24) is 0 Å². The molecule has 2 rings (SSSR count). The van der Waals surface area contributed by atoms with Crippen LogP contribution in [-0.2, 0) is 0 Å². The number of hydrogen-bond donors (Lipinski definition) is 1. The van der Waals surface area contributed by atoms with Crippen LogP contribution in [0.5, 0.6) is 11.5 Å². The molecule has 0 amide bonds. The van der Waals surface area contributed by atoms with Crippen molar-refractivity contribution in [2.75, 3.05) is 5.73 Å². The maximum Gasteiger partial charge on any atom is 0.151 e. The van der Waals surface area contributed by atoms with E-state index in [0.29, 0.717) is 28.3 Å². The van der Waals surface area contributed by atoms with E-state index in [2.05, 4.69) is 0 Å². The Morgan fingerprint density at radius 3 is 2.28 bits per heavy atom. The average Bonchev–Trinajstić information content (AvgIpc) is 2.42. The third-order valence-corrected chi connectivity index (χ3v) is 2.40. The van der Waals surface area contributed by atoms with Crippen LogP contribution in [0.3, 0.4) is 0 Å². The minimum Gasteiger partial charge on any atom is -0.455 e. The number of nitrogens with two attached hydrogens (primary N) is 1. The predicted octanol–water partition coefficient (Wildman–Crippen LogP) is 2.80. The summed E-state index contributed by atoms with van der Waals surface area (Å²) in [5.41, 5.74) is 7.04. The fraction of sp³-hybridized carbons (Fsp3) is 0. The quantitative estimate of drug-likeness (QED) is 0.811. The number of para-hydroxylation sites is 1. The van der Waals surface area contributed by atoms with Crippen LogP contribution < -0.4 is 10.5 Å². The zero-order chi connectivity index (χ0) is 13.0. The molecule has 4 heteroatoms. The van der Waals surface area contributed by atoms with Gasteiger partial charge in [-0.15, -0.1) is 0 Å². The lowest BCUT2D eigenvalue weighted by Crippen LogP contribution is -1.95. The van der Waals surface area contributed by atoms with Crippen LogP contribution in [0.15, 0.2) is 42.5 Å². The van der Waals surface area contributed by atoms with E-state index < -0.39 is 0 Å². The molecule has 0 spiro atoms. The zero-order valence-electron chi connectivity index (χ0n) is 9.42. The van der Waals surface area contributed by atoms with E-state index in [9.17, 15) is 0 Å². The Balaban J connectivity index is 2.29. The number of anilines is 1. The number of nitrogens with zero attached hydrogens (tertiary/aromatic N) is 2. The summed E-state index contributed by atoms with van der Waals surface area (Å²) in [6.45, 7) is 0. The minimum absolute atomic E-state index is 0.310. The summed E-state index contributed by atoms with van der Waals surface area (Å²) in [5, 5.41) is 17.5. The van der Waals surface area contributed by atoms with Crippen LogP contribution in [0.25, 0.3) is 0 Å². The highest BCUT2D eigenvalue weighted by Crippen LogP contribution is 2.29. The van der Waals surface area contributed by atoms with E-state index in [1.807, 2.05) is 12.1 Å². The number of benzene rings is 2. The van der Waals surface area contributed by atoms with E-state index >= 15 is 0 Å². The average molecular weight is 235 g/mol. The summed E-state index contributed by atoms with van der Waals surface area (Å²) in [6.07, 6.45) is 0. The van der Waals surface area contributed by atoms with Crippen LogP contribution in [0.4, 0.5) is 5.69 Å². The SMILES string of the molecule is N#Cc1ccc(Oc2cccc(C#N)c2N)cc1. The van der Waals surface area contributed by atoms with Gasteiger partial charge in [0, 0.05) is 0 Å². The van der Waals surface area contributed by atoms with E-state index in [4.69, 9.17) is 21.0 Å². The molecule has 0 unspecified atom stereocenters. The first-order valence-corrected chi connectivity index (χ1v) is 5.21. The van der Waals surface area contributed by atoms with E-state index in [1.54, 1.807) is 42.5 Å². The maximum atomic E-state index is 8.86. The van der Waals surface area contributed by atoms with Crippen molar-refractivity contribution in [3.8, 4) is 23.6 Å². The van der Waals surface area contributed by atoms with Gasteiger partial charge in [-0.05, 0) is 36.4 Å². The Labute approximate surface area is 104 Å². The molecular weight excluding hydrogens is 226 g/mol. The fourth-order valence-corrected chi connectivity index (χ4v) is 1.45. The van der Waals surface area contributed by atoms with Crippen molar-refractivity contribution in [1.29, 1.82) is 10.5 Å². The first kappa shape index (κ1) is 11.5. The summed E-state index contributed by atoms with van der Waals surface area (Å²) in [5.74, 6) is 0.995. The Kier molecular flexibility index (Phi) is 3.13. The van der Waals surface area contributed by atoms with Crippen molar-refractivity contribution in [2.45, 2.75) is 0 Å². The largest absolute Gasteiger partial charge is 0.455 e. The molecule has 86 valence electrons. The third-order valence-electron chi connectivity index (χ3n) is 2.40. The highest BCUT2D eigenvalue weighted by molar-refractivity contribution is 5.63. The van der Waals surface area contributed by atoms with Gasteiger partial charge in [0.1, 0.15) is 11.8 Å². The normalized spacial score (nSPS) is 9.22. The second-order valence-corrected chi connectivity index (χ2v) is 3.57. The Morgan fingerprint density at radius 1 is 0.944 bits per heavy atom. The molecule has 0 aromatic heterocycles. The summed E-state index contributed by atoms with van der Waals surface area (Å²) in [6, 6.07) is 15.7. The van der Waals surface area contributed by atoms with Crippen LogP contribution in [0.2, 0.25) is 0 Å². The van der Waals surface area contributed by atoms with Gasteiger partial charge in [0.2, 0.25) is 0 Å². The Hall–Kier alpha value is -2.98. The summed E-state index contributed by atoms with van der Waals surface area (Å²) < 4.78 is 5.57. The number of ether oxygens (including phenoxy) is 1. The van der Waals surface area contributed by atoms with Crippen LogP contribution in [-0.4, -0.2) is 0 Å². The summed E-state index contributed by atoms with van der Waals surface area (Å²) in [7, 11) is 0. The Morgan fingerprint density at radius 2 is 1.67 bits per heavy atom. The number of nitrogen functional groups attached to an aromatic ring is 1. The van der Waals surface area contributed by atoms with Crippen molar-refractivity contribution in [2.24, 2.45) is 0 Å². The van der Waals surface area contributed by atoms with Gasteiger partial charge in [0.25, 0.3) is 0 Å². The van der Waals surface area contributed by atoms with E-state index in [0.717, 1.165) is 0 Å². The van der Waals surface area contributed by atoms with E-state index in [-0.39, 0.29) is 0 Å². The monoisotopic (exact) mass is 235 g/mol. The molecule has 2 N–H and O–H groups in total. The summed E-state index contributed by atoms with van der Waals surface area (Å²) in [4.78, 5) is 0. The molecule has 0 fully saturated rings. The summed E-state index contributed by atoms with van der Waals surface area (Å²) >= 11 is 0. The smallest absolute Gasteiger partial charge is 0.151 e. The second kappa shape index (κ2) is 4.90. The minimum atomic E-state index is 0.310. The maximum absolute atomic E-state index is 8.86. The molecule has 4 nitrogen and oxygen atoms in total. The van der Waals surface area contributed by atoms with Crippen molar-refractivity contribution >= 4 is 5.69 Å². The van der Waals surface area contributed by atoms with Crippen molar-refractivity contribution in [3.05, 3.63) is 53.6 Å². The number of hydrogen-bond acceptors (Lipinski definition) is 4. The molecule has 0 atom stereocenters. The lowest BCUT2D eigenvalue weighted by atomic mass is 10.2. The first-order valence-electron chi connectivity index (χ1n) is 5.21. The van der Waals surface area contributed by atoms with Gasteiger partial charge in [0.15, 0.2) is 5.75 Å². The third kappa shape index (κ3) is 2.23. The molecule has 0 aliphatic heterocycles. The van der Waals surface area contributed by atoms with Gasteiger partial charge < -0.3 is 10.5 Å². The highest BCUT2D eigenvalue weighted by Gasteiger charge is 2.06. The van der Waals surface area contributed by atoms with Gasteiger partial charge in [-0.3, -0.25) is 0 Å². The van der Waals surface area contributed by atoms with Crippen LogP contribution >= 0.6 is 0 Å². The standard InChI is InChI=1S/C14H9N3O/c15-8-10-4-6-12(7-5-10)18-13-3-1-2-11(9-16)14(13)17/h1-7H,17H2. The van der Waals surface area contributed by atoms with Crippen molar-refractivity contribution < 1.29 is 4.74 Å². The predicted molar refractivity (Wildman–Crippen MR) is 66.8 cm³/mol. The zero-order valence-corrected chi connectivity index (χ0v) is 9.42. The topological polar surface area (TPSA) is 82.8 Å². The molecule has 0 heterocycles. The first-order chi connectivity index (χ1) is 8.74. The second-order valence-electron chi connectivity index (χ2n) is 3.57. The van der Waals surface area contributed by atoms with Gasteiger partial charge in [0.05, 0.1) is 22.9 Å². The number of rotatable bonds is 2. The fourth-order valence-electron chi connectivity index (χ4n) is 1.45. The van der Waals surface area contributed by atoms with Gasteiger partial charge >= 0.3 is 0 Å². The highest BCUT2D eigenvalue weighted by atomic mass is 16.5.